The molecule has 4 N–H and O–H groups in total. The molecule has 1 aromatic heterocycles. The van der Waals surface area contributed by atoms with E-state index in [9.17, 15) is 4.79 Å². The Balaban J connectivity index is 0.00000312. The summed E-state index contributed by atoms with van der Waals surface area (Å²) < 4.78 is 5.42. The van der Waals surface area contributed by atoms with Crippen LogP contribution in [0.2, 0.25) is 0 Å². The van der Waals surface area contributed by atoms with Crippen molar-refractivity contribution in [2.45, 2.75) is 19.8 Å². The summed E-state index contributed by atoms with van der Waals surface area (Å²) >= 11 is 0. The molecule has 0 atom stereocenters. The predicted octanol–water partition coefficient (Wildman–Crippen LogP) is 3.54. The largest absolute Gasteiger partial charge is 0.494 e. The highest BCUT2D eigenvalue weighted by molar-refractivity contribution is 5.99. The smallest absolute Gasteiger partial charge is 0.255 e. The molecule has 1 aromatic carbocycles. The topological polar surface area (TPSA) is 89.3 Å². The van der Waals surface area contributed by atoms with Crippen LogP contribution in [0, 0.1) is 0 Å². The van der Waals surface area contributed by atoms with E-state index in [1.165, 1.54) is 0 Å². The Kier molecular flexibility index (Phi) is 12.2. The van der Waals surface area contributed by atoms with Gasteiger partial charge in [0.1, 0.15) is 11.6 Å². The van der Waals surface area contributed by atoms with Crippen LogP contribution in [0.5, 0.6) is 5.75 Å². The molecular formula is C18H26Cl2N4O2. The first-order valence-corrected chi connectivity index (χ1v) is 8.17. The van der Waals surface area contributed by atoms with Crippen molar-refractivity contribution in [3.05, 3.63) is 48.2 Å². The quantitative estimate of drug-likeness (QED) is 0.560. The Labute approximate surface area is 166 Å². The molecule has 0 bridgehead atoms. The van der Waals surface area contributed by atoms with Crippen LogP contribution >= 0.6 is 24.8 Å². The molecule has 0 aliphatic heterocycles. The van der Waals surface area contributed by atoms with Gasteiger partial charge in [0.2, 0.25) is 0 Å². The van der Waals surface area contributed by atoms with E-state index >= 15 is 0 Å². The monoisotopic (exact) mass is 400 g/mol. The van der Waals surface area contributed by atoms with E-state index in [0.29, 0.717) is 31.1 Å². The first-order valence-electron chi connectivity index (χ1n) is 8.17. The van der Waals surface area contributed by atoms with E-state index in [1.807, 2.05) is 31.2 Å². The van der Waals surface area contributed by atoms with Gasteiger partial charge in [-0.25, -0.2) is 4.98 Å². The Morgan fingerprint density at radius 1 is 1.15 bits per heavy atom. The summed E-state index contributed by atoms with van der Waals surface area (Å²) in [5.74, 6) is 1.19. The number of hydrogen-bond donors (Lipinski definition) is 3. The standard InChI is InChI=1S/C18H24N4O2.2ClH/c1-2-24-15-9-7-14(8-10-15)22-17-16(6-5-13-20-17)18(23)21-12-4-3-11-19;;/h5-10,13H,2-4,11-12,19H2,1H3,(H,20,22)(H,21,23);2*1H. The number of carbonyl (C=O) groups is 1. The second kappa shape index (κ2) is 13.2. The highest BCUT2D eigenvalue weighted by Crippen LogP contribution is 2.21. The number of carbonyl (C=O) groups excluding carboxylic acids is 1. The lowest BCUT2D eigenvalue weighted by molar-refractivity contribution is 0.0953. The molecule has 0 aliphatic rings. The third-order valence-corrected chi connectivity index (χ3v) is 3.40. The molecule has 0 unspecified atom stereocenters. The normalized spacial score (nSPS) is 9.46. The second-order valence-electron chi connectivity index (χ2n) is 5.23. The first-order chi connectivity index (χ1) is 11.7. The van der Waals surface area contributed by atoms with Gasteiger partial charge in [-0.3, -0.25) is 4.79 Å². The lowest BCUT2D eigenvalue weighted by Crippen LogP contribution is -2.25. The number of aromatic nitrogens is 1. The highest BCUT2D eigenvalue weighted by atomic mass is 35.5. The van der Waals surface area contributed by atoms with E-state index < -0.39 is 0 Å². The SMILES string of the molecule is CCOc1ccc(Nc2ncccc2C(=O)NCCCCN)cc1.Cl.Cl. The molecule has 1 heterocycles. The lowest BCUT2D eigenvalue weighted by atomic mass is 10.2. The molecule has 0 saturated carbocycles. The summed E-state index contributed by atoms with van der Waals surface area (Å²) in [7, 11) is 0. The maximum Gasteiger partial charge on any atom is 0.255 e. The van der Waals surface area contributed by atoms with Gasteiger partial charge in [0.15, 0.2) is 0 Å². The zero-order chi connectivity index (χ0) is 17.2. The van der Waals surface area contributed by atoms with Crippen LogP contribution in [0.3, 0.4) is 0 Å². The van der Waals surface area contributed by atoms with E-state index in [4.69, 9.17) is 10.5 Å². The average Bonchev–Trinajstić information content (AvgIpc) is 2.61. The molecule has 0 aliphatic carbocycles. The number of amides is 1. The number of nitrogens with one attached hydrogen (secondary N) is 2. The average molecular weight is 401 g/mol. The predicted molar refractivity (Wildman–Crippen MR) is 110 cm³/mol. The number of benzene rings is 1. The summed E-state index contributed by atoms with van der Waals surface area (Å²) in [6, 6.07) is 11.0. The fourth-order valence-electron chi connectivity index (χ4n) is 2.19. The molecule has 0 spiro atoms. The molecule has 2 aromatic rings. The number of hydrogen-bond acceptors (Lipinski definition) is 5. The Morgan fingerprint density at radius 3 is 2.54 bits per heavy atom. The third-order valence-electron chi connectivity index (χ3n) is 3.40. The first kappa shape index (κ1) is 24.0. The van der Waals surface area contributed by atoms with Crippen molar-refractivity contribution < 1.29 is 9.53 Å². The van der Waals surface area contributed by atoms with Crippen LogP contribution in [-0.2, 0) is 0 Å². The molecule has 2 rings (SSSR count). The Bertz CT molecular complexity index is 654. The molecular weight excluding hydrogens is 375 g/mol. The van der Waals surface area contributed by atoms with Crippen molar-refractivity contribution in [1.82, 2.24) is 10.3 Å². The van der Waals surface area contributed by atoms with Crippen LogP contribution in [0.25, 0.3) is 0 Å². The second-order valence-corrected chi connectivity index (χ2v) is 5.23. The van der Waals surface area contributed by atoms with E-state index in [2.05, 4.69) is 15.6 Å². The van der Waals surface area contributed by atoms with Gasteiger partial charge >= 0.3 is 0 Å². The number of nitrogens with zero attached hydrogens (tertiary/aromatic N) is 1. The van der Waals surface area contributed by atoms with Gasteiger partial charge in [-0.15, -0.1) is 24.8 Å². The summed E-state index contributed by atoms with van der Waals surface area (Å²) in [5, 5.41) is 6.07. The van der Waals surface area contributed by atoms with Crippen LogP contribution in [0.4, 0.5) is 11.5 Å². The fraction of sp³-hybridized carbons (Fsp3) is 0.333. The highest BCUT2D eigenvalue weighted by Gasteiger charge is 2.12. The van der Waals surface area contributed by atoms with Gasteiger partial charge in [-0.1, -0.05) is 0 Å². The minimum atomic E-state index is -0.145. The van der Waals surface area contributed by atoms with E-state index in [-0.39, 0.29) is 30.7 Å². The van der Waals surface area contributed by atoms with Crippen LogP contribution in [0.15, 0.2) is 42.6 Å². The minimum Gasteiger partial charge on any atom is -0.494 e. The van der Waals surface area contributed by atoms with E-state index in [1.54, 1.807) is 18.3 Å². The minimum absolute atomic E-state index is 0. The number of anilines is 2. The van der Waals surface area contributed by atoms with Crippen LogP contribution in [0.1, 0.15) is 30.1 Å². The van der Waals surface area contributed by atoms with Crippen molar-refractivity contribution >= 4 is 42.2 Å². The molecule has 8 heteroatoms. The number of unbranched alkanes of at least 4 members (excludes halogenated alkanes) is 1. The molecule has 0 saturated heterocycles. The van der Waals surface area contributed by atoms with Crippen molar-refractivity contribution in [1.29, 1.82) is 0 Å². The molecule has 26 heavy (non-hydrogen) atoms. The van der Waals surface area contributed by atoms with E-state index in [0.717, 1.165) is 24.3 Å². The molecule has 6 nitrogen and oxygen atoms in total. The van der Waals surface area contributed by atoms with Crippen molar-refractivity contribution in [3.63, 3.8) is 0 Å². The maximum atomic E-state index is 12.3. The molecule has 0 fully saturated rings. The van der Waals surface area contributed by atoms with Gasteiger partial charge in [0.05, 0.1) is 12.2 Å². The van der Waals surface area contributed by atoms with Crippen molar-refractivity contribution in [2.75, 3.05) is 25.0 Å². The van der Waals surface area contributed by atoms with Crippen LogP contribution in [-0.4, -0.2) is 30.6 Å². The number of nitrogens with two attached hydrogens (primary N) is 1. The molecule has 144 valence electrons. The fourth-order valence-corrected chi connectivity index (χ4v) is 2.19. The number of rotatable bonds is 9. The van der Waals surface area contributed by atoms with Gasteiger partial charge in [-0.2, -0.15) is 0 Å². The Morgan fingerprint density at radius 2 is 1.88 bits per heavy atom. The van der Waals surface area contributed by atoms with Gasteiger partial charge in [0.25, 0.3) is 5.91 Å². The number of halogens is 2. The van der Waals surface area contributed by atoms with Crippen molar-refractivity contribution in [3.8, 4) is 5.75 Å². The number of pyridine rings is 1. The maximum absolute atomic E-state index is 12.3. The third kappa shape index (κ3) is 7.47. The van der Waals surface area contributed by atoms with Crippen molar-refractivity contribution in [2.24, 2.45) is 5.73 Å². The summed E-state index contributed by atoms with van der Waals surface area (Å²) in [4.78, 5) is 16.6. The summed E-state index contributed by atoms with van der Waals surface area (Å²) in [6.45, 7) is 3.81. The van der Waals surface area contributed by atoms with Gasteiger partial charge in [0, 0.05) is 18.4 Å². The molecule has 0 radical (unpaired) electrons. The Hall–Kier alpha value is -2.02. The molecule has 1 amide bonds. The number of ether oxygens (including phenoxy) is 1. The zero-order valence-electron chi connectivity index (χ0n) is 14.7. The van der Waals surface area contributed by atoms with Crippen LogP contribution < -0.4 is 21.1 Å². The summed E-state index contributed by atoms with van der Waals surface area (Å²) in [6.07, 6.45) is 3.41. The lowest BCUT2D eigenvalue weighted by Gasteiger charge is -2.12. The zero-order valence-corrected chi connectivity index (χ0v) is 16.4. The van der Waals surface area contributed by atoms with Gasteiger partial charge < -0.3 is 21.1 Å². The van der Waals surface area contributed by atoms with Gasteiger partial charge in [-0.05, 0) is 62.7 Å². The summed E-state index contributed by atoms with van der Waals surface area (Å²) in [5.41, 5.74) is 6.81.